The van der Waals surface area contributed by atoms with Gasteiger partial charge in [0.15, 0.2) is 0 Å². The van der Waals surface area contributed by atoms with Crippen molar-refractivity contribution in [3.63, 3.8) is 0 Å². The van der Waals surface area contributed by atoms with E-state index >= 15 is 0 Å². The first-order valence-corrected chi connectivity index (χ1v) is 8.48. The normalized spacial score (nSPS) is 11.1. The van der Waals surface area contributed by atoms with Crippen LogP contribution >= 0.6 is 11.3 Å². The third-order valence-corrected chi connectivity index (χ3v) is 4.45. The number of rotatable bonds is 5. The standard InChI is InChI=1S/C18H17N3O3S/c1-3-24-17(22)15-10-13-14(20-18(19)21-16(13)25-15)8-7-11-5-4-6-12(9-11)23-2/h4-10H,3H2,1-2H3,(H2,19,20,21)/b8-7+. The zero-order valence-electron chi connectivity index (χ0n) is 13.9. The van der Waals surface area contributed by atoms with Crippen molar-refractivity contribution in [2.24, 2.45) is 0 Å². The van der Waals surface area contributed by atoms with Crippen LogP contribution in [0.1, 0.15) is 27.9 Å². The van der Waals surface area contributed by atoms with Crippen LogP contribution in [0.5, 0.6) is 5.75 Å². The number of hydrogen-bond donors (Lipinski definition) is 1. The molecule has 0 amide bonds. The summed E-state index contributed by atoms with van der Waals surface area (Å²) in [6, 6.07) is 9.39. The van der Waals surface area contributed by atoms with Gasteiger partial charge in [0.2, 0.25) is 5.95 Å². The molecule has 25 heavy (non-hydrogen) atoms. The van der Waals surface area contributed by atoms with Crippen LogP contribution in [0, 0.1) is 0 Å². The molecule has 0 aliphatic rings. The van der Waals surface area contributed by atoms with E-state index in [0.717, 1.165) is 16.7 Å². The fourth-order valence-electron chi connectivity index (χ4n) is 2.31. The van der Waals surface area contributed by atoms with Gasteiger partial charge in [0.25, 0.3) is 0 Å². The highest BCUT2D eigenvalue weighted by Crippen LogP contribution is 2.28. The molecule has 0 radical (unpaired) electrons. The zero-order chi connectivity index (χ0) is 17.8. The third-order valence-electron chi connectivity index (χ3n) is 3.44. The second-order valence-electron chi connectivity index (χ2n) is 5.13. The Morgan fingerprint density at radius 1 is 1.28 bits per heavy atom. The highest BCUT2D eigenvalue weighted by atomic mass is 32.1. The van der Waals surface area contributed by atoms with Crippen molar-refractivity contribution >= 4 is 45.6 Å². The van der Waals surface area contributed by atoms with Crippen molar-refractivity contribution in [3.8, 4) is 5.75 Å². The van der Waals surface area contributed by atoms with Gasteiger partial charge in [0.1, 0.15) is 15.5 Å². The van der Waals surface area contributed by atoms with Crippen LogP contribution in [0.2, 0.25) is 0 Å². The summed E-state index contributed by atoms with van der Waals surface area (Å²) in [5.74, 6) is 0.566. The van der Waals surface area contributed by atoms with Crippen molar-refractivity contribution < 1.29 is 14.3 Å². The highest BCUT2D eigenvalue weighted by Gasteiger charge is 2.15. The number of fused-ring (bicyclic) bond motifs is 1. The van der Waals surface area contributed by atoms with E-state index in [-0.39, 0.29) is 11.9 Å². The summed E-state index contributed by atoms with van der Waals surface area (Å²) in [7, 11) is 1.62. The first kappa shape index (κ1) is 16.9. The predicted molar refractivity (Wildman–Crippen MR) is 99.7 cm³/mol. The minimum absolute atomic E-state index is 0.162. The highest BCUT2D eigenvalue weighted by molar-refractivity contribution is 7.20. The number of carbonyl (C=O) groups excluding carboxylic acids is 1. The maximum Gasteiger partial charge on any atom is 0.348 e. The number of aromatic nitrogens is 2. The van der Waals surface area contributed by atoms with E-state index in [1.807, 2.05) is 36.4 Å². The van der Waals surface area contributed by atoms with E-state index < -0.39 is 0 Å². The minimum Gasteiger partial charge on any atom is -0.497 e. The molecule has 2 aromatic heterocycles. The maximum atomic E-state index is 11.9. The molecule has 0 spiro atoms. The number of benzene rings is 1. The number of nitrogens with zero attached hydrogens (tertiary/aromatic N) is 2. The summed E-state index contributed by atoms with van der Waals surface area (Å²) in [5.41, 5.74) is 7.41. The summed E-state index contributed by atoms with van der Waals surface area (Å²) >= 11 is 1.24. The molecule has 0 fully saturated rings. The number of esters is 1. The first-order valence-electron chi connectivity index (χ1n) is 7.67. The molecule has 128 valence electrons. The Morgan fingerprint density at radius 3 is 2.88 bits per heavy atom. The third kappa shape index (κ3) is 3.77. The molecular weight excluding hydrogens is 338 g/mol. The maximum absolute atomic E-state index is 11.9. The van der Waals surface area contributed by atoms with Gasteiger partial charge in [-0.2, -0.15) is 0 Å². The fourth-order valence-corrected chi connectivity index (χ4v) is 3.25. The predicted octanol–water partition coefficient (Wildman–Crippen LogP) is 3.63. The van der Waals surface area contributed by atoms with E-state index in [9.17, 15) is 4.79 Å². The van der Waals surface area contributed by atoms with Gasteiger partial charge in [-0.25, -0.2) is 14.8 Å². The second kappa shape index (κ2) is 7.31. The average Bonchev–Trinajstić information content (AvgIpc) is 3.04. The SMILES string of the molecule is CCOC(=O)c1cc2c(/C=C/c3cccc(OC)c3)nc(N)nc2s1. The lowest BCUT2D eigenvalue weighted by Gasteiger charge is -2.01. The lowest BCUT2D eigenvalue weighted by molar-refractivity contribution is 0.0532. The van der Waals surface area contributed by atoms with Crippen molar-refractivity contribution in [1.82, 2.24) is 9.97 Å². The molecule has 0 bridgehead atoms. The largest absolute Gasteiger partial charge is 0.497 e. The van der Waals surface area contributed by atoms with Gasteiger partial charge in [-0.05, 0) is 36.8 Å². The first-order chi connectivity index (χ1) is 12.1. The number of carbonyl (C=O) groups is 1. The molecule has 2 N–H and O–H groups in total. The Hall–Kier alpha value is -2.93. The molecule has 0 atom stereocenters. The molecule has 0 aliphatic heterocycles. The van der Waals surface area contributed by atoms with Crippen LogP contribution in [0.15, 0.2) is 30.3 Å². The van der Waals surface area contributed by atoms with Crippen LogP contribution in [0.4, 0.5) is 5.95 Å². The quantitative estimate of drug-likeness (QED) is 0.703. The van der Waals surface area contributed by atoms with Gasteiger partial charge in [0.05, 0.1) is 19.4 Å². The zero-order valence-corrected chi connectivity index (χ0v) is 14.7. The molecule has 3 aromatic rings. The number of ether oxygens (including phenoxy) is 2. The van der Waals surface area contributed by atoms with E-state index in [4.69, 9.17) is 15.2 Å². The molecule has 0 unspecified atom stereocenters. The minimum atomic E-state index is -0.369. The molecule has 6 nitrogen and oxygen atoms in total. The molecule has 0 saturated carbocycles. The Bertz CT molecular complexity index is 950. The lowest BCUT2D eigenvalue weighted by Crippen LogP contribution is -2.01. The van der Waals surface area contributed by atoms with Crippen LogP contribution in [-0.4, -0.2) is 29.7 Å². The lowest BCUT2D eigenvalue weighted by atomic mass is 10.1. The van der Waals surface area contributed by atoms with Crippen LogP contribution in [0.3, 0.4) is 0 Å². The second-order valence-corrected chi connectivity index (χ2v) is 6.16. The Labute approximate surface area is 148 Å². The van der Waals surface area contributed by atoms with Gasteiger partial charge in [-0.1, -0.05) is 18.2 Å². The number of nitrogen functional groups attached to an aromatic ring is 1. The number of methoxy groups -OCH3 is 1. The number of hydrogen-bond acceptors (Lipinski definition) is 7. The van der Waals surface area contributed by atoms with Crippen molar-refractivity contribution in [2.75, 3.05) is 19.5 Å². The number of nitrogens with two attached hydrogens (primary N) is 1. The summed E-state index contributed by atoms with van der Waals surface area (Å²) in [4.78, 5) is 21.6. The van der Waals surface area contributed by atoms with E-state index in [0.29, 0.717) is 22.0 Å². The summed E-state index contributed by atoms with van der Waals surface area (Å²) in [6.45, 7) is 2.09. The summed E-state index contributed by atoms with van der Waals surface area (Å²) in [5, 5.41) is 0.765. The van der Waals surface area contributed by atoms with E-state index in [2.05, 4.69) is 9.97 Å². The monoisotopic (exact) mass is 355 g/mol. The van der Waals surface area contributed by atoms with Gasteiger partial charge >= 0.3 is 5.97 Å². The van der Waals surface area contributed by atoms with E-state index in [1.54, 1.807) is 20.1 Å². The number of anilines is 1. The number of thiophene rings is 1. The Kier molecular flexibility index (Phi) is 4.95. The molecule has 2 heterocycles. The molecule has 0 aliphatic carbocycles. The van der Waals surface area contributed by atoms with Crippen molar-refractivity contribution in [1.29, 1.82) is 0 Å². The summed E-state index contributed by atoms with van der Waals surface area (Å²) < 4.78 is 10.3. The molecular formula is C18H17N3O3S. The van der Waals surface area contributed by atoms with Gasteiger partial charge < -0.3 is 15.2 Å². The average molecular weight is 355 g/mol. The Balaban J connectivity index is 1.99. The van der Waals surface area contributed by atoms with Crippen LogP contribution in [-0.2, 0) is 4.74 Å². The van der Waals surface area contributed by atoms with Gasteiger partial charge in [-0.3, -0.25) is 0 Å². The topological polar surface area (TPSA) is 87.3 Å². The smallest absolute Gasteiger partial charge is 0.348 e. The van der Waals surface area contributed by atoms with E-state index in [1.165, 1.54) is 11.3 Å². The van der Waals surface area contributed by atoms with Crippen molar-refractivity contribution in [2.45, 2.75) is 6.92 Å². The van der Waals surface area contributed by atoms with Crippen LogP contribution < -0.4 is 10.5 Å². The Morgan fingerprint density at radius 2 is 2.12 bits per heavy atom. The fraction of sp³-hybridized carbons (Fsp3) is 0.167. The molecule has 7 heteroatoms. The summed E-state index contributed by atoms with van der Waals surface area (Å²) in [6.07, 6.45) is 3.75. The van der Waals surface area contributed by atoms with Gasteiger partial charge in [-0.15, -0.1) is 11.3 Å². The van der Waals surface area contributed by atoms with Crippen LogP contribution in [0.25, 0.3) is 22.4 Å². The molecule has 0 saturated heterocycles. The van der Waals surface area contributed by atoms with Crippen molar-refractivity contribution in [3.05, 3.63) is 46.5 Å². The van der Waals surface area contributed by atoms with Gasteiger partial charge in [0, 0.05) is 5.39 Å². The molecule has 1 aromatic carbocycles. The molecule has 3 rings (SSSR count).